The maximum Gasteiger partial charge on any atom is 0.0110 e. The summed E-state index contributed by atoms with van der Waals surface area (Å²) in [5.41, 5.74) is 8.20. The molecule has 14 heavy (non-hydrogen) atoms. The number of rotatable bonds is 3. The van der Waals surface area contributed by atoms with E-state index in [0.717, 1.165) is 5.92 Å². The molecule has 1 aliphatic carbocycles. The van der Waals surface area contributed by atoms with E-state index in [0.29, 0.717) is 6.54 Å². The van der Waals surface area contributed by atoms with E-state index in [-0.39, 0.29) is 0 Å². The molecule has 0 aromatic heterocycles. The first kappa shape index (κ1) is 9.47. The highest BCUT2D eigenvalue weighted by Crippen LogP contribution is 2.36. The summed E-state index contributed by atoms with van der Waals surface area (Å²) in [5.74, 6) is 0.821. The van der Waals surface area contributed by atoms with E-state index >= 15 is 0 Å². The van der Waals surface area contributed by atoms with Crippen LogP contribution in [0.15, 0.2) is 30.3 Å². The van der Waals surface area contributed by atoms with E-state index in [9.17, 15) is 0 Å². The Hall–Kier alpha value is -1.08. The van der Waals surface area contributed by atoms with Gasteiger partial charge in [-0.15, -0.1) is 0 Å². The van der Waals surface area contributed by atoms with Crippen molar-refractivity contribution < 1.29 is 0 Å². The minimum Gasteiger partial charge on any atom is -0.327 e. The quantitative estimate of drug-likeness (QED) is 0.773. The van der Waals surface area contributed by atoms with Crippen LogP contribution in [0.1, 0.15) is 36.3 Å². The summed E-state index contributed by atoms with van der Waals surface area (Å²) >= 11 is 0. The molecular weight excluding hydrogens is 170 g/mol. The Morgan fingerprint density at radius 2 is 2.21 bits per heavy atom. The van der Waals surface area contributed by atoms with E-state index in [1.54, 1.807) is 0 Å². The van der Waals surface area contributed by atoms with Crippen LogP contribution in [0, 0.1) is 0 Å². The van der Waals surface area contributed by atoms with Crippen molar-refractivity contribution >= 4 is 6.08 Å². The second-order valence-electron chi connectivity index (χ2n) is 3.94. The van der Waals surface area contributed by atoms with Crippen molar-refractivity contribution in [3.05, 3.63) is 41.5 Å². The predicted molar refractivity (Wildman–Crippen MR) is 61.1 cm³/mol. The minimum atomic E-state index is 0.619. The molecule has 0 saturated heterocycles. The van der Waals surface area contributed by atoms with Gasteiger partial charge in [-0.1, -0.05) is 42.8 Å². The molecule has 1 aliphatic rings. The monoisotopic (exact) mass is 187 g/mol. The van der Waals surface area contributed by atoms with E-state index < -0.39 is 0 Å². The van der Waals surface area contributed by atoms with Gasteiger partial charge in [0.05, 0.1) is 0 Å². The highest BCUT2D eigenvalue weighted by Gasteiger charge is 2.18. The van der Waals surface area contributed by atoms with Gasteiger partial charge in [-0.3, -0.25) is 0 Å². The van der Waals surface area contributed by atoms with Crippen molar-refractivity contribution in [1.82, 2.24) is 0 Å². The van der Waals surface area contributed by atoms with Crippen LogP contribution in [0.4, 0.5) is 0 Å². The lowest BCUT2D eigenvalue weighted by Crippen LogP contribution is -2.08. The molecule has 0 radical (unpaired) electrons. The molecule has 0 atom stereocenters. The molecule has 1 aromatic rings. The lowest BCUT2D eigenvalue weighted by molar-refractivity contribution is 0.420. The van der Waals surface area contributed by atoms with E-state index in [1.165, 1.54) is 30.4 Å². The average Bonchev–Trinajstić information content (AvgIpc) is 2.13. The number of hydrogen-bond acceptors (Lipinski definition) is 1. The zero-order chi connectivity index (χ0) is 9.80. The predicted octanol–water partition coefficient (Wildman–Crippen LogP) is 2.93. The second-order valence-corrected chi connectivity index (χ2v) is 3.94. The first-order valence-electron chi connectivity index (χ1n) is 5.37. The van der Waals surface area contributed by atoms with E-state index in [1.807, 2.05) is 6.08 Å². The van der Waals surface area contributed by atoms with Crippen molar-refractivity contribution in [2.24, 2.45) is 5.73 Å². The van der Waals surface area contributed by atoms with Gasteiger partial charge < -0.3 is 5.73 Å². The van der Waals surface area contributed by atoms with Crippen molar-refractivity contribution in [3.63, 3.8) is 0 Å². The SMILES string of the molecule is NC/C=C/c1cccc(C2CCC2)c1. The Morgan fingerprint density at radius 3 is 2.86 bits per heavy atom. The first-order chi connectivity index (χ1) is 6.90. The van der Waals surface area contributed by atoms with Crippen LogP contribution >= 0.6 is 0 Å². The van der Waals surface area contributed by atoms with Crippen LogP contribution in [0.3, 0.4) is 0 Å². The maximum absolute atomic E-state index is 5.42. The normalized spacial score (nSPS) is 17.2. The fourth-order valence-corrected chi connectivity index (χ4v) is 1.86. The maximum atomic E-state index is 5.42. The molecule has 0 heterocycles. The zero-order valence-electron chi connectivity index (χ0n) is 8.45. The fraction of sp³-hybridized carbons (Fsp3) is 0.385. The van der Waals surface area contributed by atoms with Gasteiger partial charge >= 0.3 is 0 Å². The van der Waals surface area contributed by atoms with E-state index in [4.69, 9.17) is 5.73 Å². The summed E-state index contributed by atoms with van der Waals surface area (Å²) in [4.78, 5) is 0. The Kier molecular flexibility index (Phi) is 3.00. The highest BCUT2D eigenvalue weighted by atomic mass is 14.5. The molecule has 0 unspecified atom stereocenters. The summed E-state index contributed by atoms with van der Waals surface area (Å²) < 4.78 is 0. The summed E-state index contributed by atoms with van der Waals surface area (Å²) in [7, 11) is 0. The average molecular weight is 187 g/mol. The standard InChI is InChI=1S/C13H17N/c14-9-3-5-11-4-1-8-13(10-11)12-6-2-7-12/h1,3-5,8,10,12H,2,6-7,9,14H2/b5-3+. The summed E-state index contributed by atoms with van der Waals surface area (Å²) in [5, 5.41) is 0. The molecule has 0 aliphatic heterocycles. The van der Waals surface area contributed by atoms with Crippen molar-refractivity contribution in [2.45, 2.75) is 25.2 Å². The van der Waals surface area contributed by atoms with Gasteiger partial charge in [0.1, 0.15) is 0 Å². The van der Waals surface area contributed by atoms with Gasteiger partial charge in [-0.05, 0) is 29.9 Å². The summed E-state index contributed by atoms with van der Waals surface area (Å²) in [6, 6.07) is 8.80. The fourth-order valence-electron chi connectivity index (χ4n) is 1.86. The van der Waals surface area contributed by atoms with Gasteiger partial charge in [0, 0.05) is 6.54 Å². The Morgan fingerprint density at radius 1 is 1.36 bits per heavy atom. The van der Waals surface area contributed by atoms with Gasteiger partial charge in [0.15, 0.2) is 0 Å². The topological polar surface area (TPSA) is 26.0 Å². The van der Waals surface area contributed by atoms with E-state index in [2.05, 4.69) is 30.3 Å². The third-order valence-corrected chi connectivity index (χ3v) is 2.93. The third-order valence-electron chi connectivity index (χ3n) is 2.93. The molecule has 1 heteroatoms. The van der Waals surface area contributed by atoms with Gasteiger partial charge in [0.25, 0.3) is 0 Å². The molecule has 1 fully saturated rings. The summed E-state index contributed by atoms with van der Waals surface area (Å²) in [6.45, 7) is 0.619. The molecule has 74 valence electrons. The lowest BCUT2D eigenvalue weighted by atomic mass is 9.80. The van der Waals surface area contributed by atoms with Gasteiger partial charge in [-0.25, -0.2) is 0 Å². The highest BCUT2D eigenvalue weighted by molar-refractivity contribution is 5.51. The Bertz CT molecular complexity index is 324. The molecule has 2 N–H and O–H groups in total. The number of nitrogens with two attached hydrogens (primary N) is 1. The van der Waals surface area contributed by atoms with Crippen molar-refractivity contribution in [3.8, 4) is 0 Å². The lowest BCUT2D eigenvalue weighted by Gasteiger charge is -2.25. The van der Waals surface area contributed by atoms with Gasteiger partial charge in [0.2, 0.25) is 0 Å². The molecule has 1 aromatic carbocycles. The third kappa shape index (κ3) is 2.05. The molecule has 1 nitrogen and oxygen atoms in total. The Balaban J connectivity index is 2.13. The number of benzene rings is 1. The molecule has 0 bridgehead atoms. The Labute approximate surface area is 85.6 Å². The number of hydrogen-bond donors (Lipinski definition) is 1. The van der Waals surface area contributed by atoms with Crippen LogP contribution in [-0.2, 0) is 0 Å². The second kappa shape index (κ2) is 4.43. The molecule has 0 spiro atoms. The molecule has 0 amide bonds. The van der Waals surface area contributed by atoms with Crippen molar-refractivity contribution in [2.75, 3.05) is 6.54 Å². The molecule has 1 saturated carbocycles. The minimum absolute atomic E-state index is 0.619. The van der Waals surface area contributed by atoms with Crippen LogP contribution in [0.2, 0.25) is 0 Å². The van der Waals surface area contributed by atoms with Crippen LogP contribution < -0.4 is 5.73 Å². The largest absolute Gasteiger partial charge is 0.327 e. The van der Waals surface area contributed by atoms with Crippen molar-refractivity contribution in [1.29, 1.82) is 0 Å². The first-order valence-corrected chi connectivity index (χ1v) is 5.37. The summed E-state index contributed by atoms with van der Waals surface area (Å²) in [6.07, 6.45) is 8.23. The van der Waals surface area contributed by atoms with Crippen LogP contribution in [0.5, 0.6) is 0 Å². The van der Waals surface area contributed by atoms with Crippen LogP contribution in [-0.4, -0.2) is 6.54 Å². The molecule has 2 rings (SSSR count). The molecular formula is C13H17N. The smallest absolute Gasteiger partial charge is 0.0110 e. The van der Waals surface area contributed by atoms with Gasteiger partial charge in [-0.2, -0.15) is 0 Å². The zero-order valence-corrected chi connectivity index (χ0v) is 8.45. The van der Waals surface area contributed by atoms with Crippen LogP contribution in [0.25, 0.3) is 6.08 Å².